The van der Waals surface area contributed by atoms with Crippen LogP contribution in [0.15, 0.2) is 18.2 Å². The third-order valence-electron chi connectivity index (χ3n) is 2.40. The second-order valence-corrected chi connectivity index (χ2v) is 4.52. The van der Waals surface area contributed by atoms with Crippen molar-refractivity contribution in [2.24, 2.45) is 5.73 Å². The highest BCUT2D eigenvalue weighted by atomic mass is 35.5. The van der Waals surface area contributed by atoms with Crippen LogP contribution in [0.4, 0.5) is 5.69 Å². The van der Waals surface area contributed by atoms with Crippen LogP contribution in [0, 0.1) is 11.8 Å². The molecule has 0 heterocycles. The number of hydrogen-bond acceptors (Lipinski definition) is 3. The quantitative estimate of drug-likeness (QED) is 0.625. The molecule has 0 aromatic heterocycles. The lowest BCUT2D eigenvalue weighted by Gasteiger charge is -2.07. The maximum absolute atomic E-state index is 11.7. The SMILES string of the molecule is CCCOCCC(=O)Nc1ccc(Cl)c(C#CCN)c1. The first kappa shape index (κ1) is 16.5. The molecule has 20 heavy (non-hydrogen) atoms. The first-order chi connectivity index (χ1) is 9.67. The lowest BCUT2D eigenvalue weighted by Crippen LogP contribution is -2.14. The van der Waals surface area contributed by atoms with Crippen LogP contribution in [0.1, 0.15) is 25.3 Å². The standard InChI is InChI=1S/C15H19ClN2O2/c1-2-9-20-10-7-15(19)18-13-5-6-14(16)12(11-13)4-3-8-17/h5-6,11H,2,7-10,17H2,1H3,(H,18,19). The zero-order chi connectivity index (χ0) is 14.8. The molecule has 0 saturated heterocycles. The fourth-order valence-electron chi connectivity index (χ4n) is 1.48. The minimum atomic E-state index is -0.0961. The van der Waals surface area contributed by atoms with E-state index in [2.05, 4.69) is 17.2 Å². The number of anilines is 1. The molecular formula is C15H19ClN2O2. The predicted molar refractivity (Wildman–Crippen MR) is 81.7 cm³/mol. The maximum atomic E-state index is 11.7. The van der Waals surface area contributed by atoms with Gasteiger partial charge in [-0.1, -0.05) is 30.4 Å². The topological polar surface area (TPSA) is 64.3 Å². The van der Waals surface area contributed by atoms with Gasteiger partial charge in [0.1, 0.15) is 0 Å². The van der Waals surface area contributed by atoms with E-state index in [1.165, 1.54) is 0 Å². The third-order valence-corrected chi connectivity index (χ3v) is 2.73. The fourth-order valence-corrected chi connectivity index (χ4v) is 1.64. The van der Waals surface area contributed by atoms with Crippen molar-refractivity contribution in [3.63, 3.8) is 0 Å². The van der Waals surface area contributed by atoms with Gasteiger partial charge in [-0.2, -0.15) is 0 Å². The summed E-state index contributed by atoms with van der Waals surface area (Å²) in [6, 6.07) is 5.17. The molecule has 0 spiro atoms. The number of carbonyl (C=O) groups is 1. The van der Waals surface area contributed by atoms with Crippen molar-refractivity contribution in [1.82, 2.24) is 0 Å². The molecule has 0 aliphatic heterocycles. The molecule has 0 fully saturated rings. The Bertz CT molecular complexity index is 506. The van der Waals surface area contributed by atoms with Gasteiger partial charge in [0.25, 0.3) is 0 Å². The van der Waals surface area contributed by atoms with Crippen molar-refractivity contribution in [2.45, 2.75) is 19.8 Å². The molecule has 1 aromatic rings. The third kappa shape index (κ3) is 6.07. The van der Waals surface area contributed by atoms with Gasteiger partial charge < -0.3 is 15.8 Å². The van der Waals surface area contributed by atoms with Crippen molar-refractivity contribution in [3.8, 4) is 11.8 Å². The van der Waals surface area contributed by atoms with Gasteiger partial charge in [-0.25, -0.2) is 0 Å². The van der Waals surface area contributed by atoms with Crippen LogP contribution in [-0.4, -0.2) is 25.7 Å². The lowest BCUT2D eigenvalue weighted by atomic mass is 10.2. The van der Waals surface area contributed by atoms with E-state index in [9.17, 15) is 4.79 Å². The Kier molecular flexibility index (Phi) is 7.74. The van der Waals surface area contributed by atoms with E-state index in [4.69, 9.17) is 22.1 Å². The normalized spacial score (nSPS) is 9.75. The summed E-state index contributed by atoms with van der Waals surface area (Å²) in [5, 5.41) is 3.32. The molecular weight excluding hydrogens is 276 g/mol. The summed E-state index contributed by atoms with van der Waals surface area (Å²) in [6.45, 7) is 3.39. The van der Waals surface area contributed by atoms with E-state index in [1.54, 1.807) is 18.2 Å². The molecule has 1 amide bonds. The van der Waals surface area contributed by atoms with Crippen LogP contribution in [0.3, 0.4) is 0 Å². The average molecular weight is 295 g/mol. The lowest BCUT2D eigenvalue weighted by molar-refractivity contribution is -0.117. The summed E-state index contributed by atoms with van der Waals surface area (Å²) in [6.07, 6.45) is 1.27. The van der Waals surface area contributed by atoms with Crippen LogP contribution >= 0.6 is 11.6 Å². The van der Waals surface area contributed by atoms with Crippen LogP contribution in [0.5, 0.6) is 0 Å². The first-order valence-electron chi connectivity index (χ1n) is 6.53. The summed E-state index contributed by atoms with van der Waals surface area (Å²) in [5.74, 6) is 5.50. The largest absolute Gasteiger partial charge is 0.381 e. The number of nitrogens with one attached hydrogen (secondary N) is 1. The molecule has 0 radical (unpaired) electrons. The second kappa shape index (κ2) is 9.38. The number of amides is 1. The Balaban J connectivity index is 2.57. The van der Waals surface area contributed by atoms with Gasteiger partial charge in [-0.05, 0) is 24.6 Å². The zero-order valence-corrected chi connectivity index (χ0v) is 12.3. The van der Waals surface area contributed by atoms with E-state index in [0.29, 0.717) is 35.9 Å². The second-order valence-electron chi connectivity index (χ2n) is 4.11. The number of rotatable bonds is 6. The van der Waals surface area contributed by atoms with Crippen LogP contribution < -0.4 is 11.1 Å². The minimum absolute atomic E-state index is 0.0961. The van der Waals surface area contributed by atoms with Crippen molar-refractivity contribution in [3.05, 3.63) is 28.8 Å². The van der Waals surface area contributed by atoms with Gasteiger partial charge in [0, 0.05) is 17.9 Å². The summed E-state index contributed by atoms with van der Waals surface area (Å²) >= 11 is 6.01. The summed E-state index contributed by atoms with van der Waals surface area (Å²) < 4.78 is 5.27. The highest BCUT2D eigenvalue weighted by Gasteiger charge is 2.04. The van der Waals surface area contributed by atoms with Crippen molar-refractivity contribution in [2.75, 3.05) is 25.1 Å². The molecule has 0 unspecified atom stereocenters. The zero-order valence-electron chi connectivity index (χ0n) is 11.5. The number of carbonyl (C=O) groups excluding carboxylic acids is 1. The number of ether oxygens (including phenoxy) is 1. The molecule has 1 aromatic carbocycles. The molecule has 1 rings (SSSR count). The average Bonchev–Trinajstić information content (AvgIpc) is 2.44. The highest BCUT2D eigenvalue weighted by Crippen LogP contribution is 2.19. The van der Waals surface area contributed by atoms with Gasteiger partial charge in [0.15, 0.2) is 0 Å². The summed E-state index contributed by atoms with van der Waals surface area (Å²) in [5.41, 5.74) is 6.64. The van der Waals surface area contributed by atoms with Crippen molar-refractivity contribution in [1.29, 1.82) is 0 Å². The predicted octanol–water partition coefficient (Wildman–Crippen LogP) is 2.41. The van der Waals surface area contributed by atoms with E-state index in [0.717, 1.165) is 6.42 Å². The molecule has 4 nitrogen and oxygen atoms in total. The van der Waals surface area contributed by atoms with Gasteiger partial charge in [-0.15, -0.1) is 0 Å². The van der Waals surface area contributed by atoms with Gasteiger partial charge in [0.2, 0.25) is 5.91 Å². The number of hydrogen-bond donors (Lipinski definition) is 2. The Morgan fingerprint density at radius 1 is 1.45 bits per heavy atom. The molecule has 5 heteroatoms. The molecule has 0 atom stereocenters. The van der Waals surface area contributed by atoms with Crippen LogP contribution in [-0.2, 0) is 9.53 Å². The Labute approximate surface area is 124 Å². The summed E-state index contributed by atoms with van der Waals surface area (Å²) in [7, 11) is 0. The minimum Gasteiger partial charge on any atom is -0.381 e. The number of benzene rings is 1. The number of nitrogens with two attached hydrogens (primary N) is 1. The van der Waals surface area contributed by atoms with E-state index in [1.807, 2.05) is 6.92 Å². The Hall–Kier alpha value is -1.54. The van der Waals surface area contributed by atoms with Gasteiger partial charge >= 0.3 is 0 Å². The monoisotopic (exact) mass is 294 g/mol. The molecule has 108 valence electrons. The van der Waals surface area contributed by atoms with Crippen molar-refractivity contribution >= 4 is 23.2 Å². The molecule has 0 bridgehead atoms. The maximum Gasteiger partial charge on any atom is 0.226 e. The van der Waals surface area contributed by atoms with Crippen LogP contribution in [0.25, 0.3) is 0 Å². The fraction of sp³-hybridized carbons (Fsp3) is 0.400. The van der Waals surface area contributed by atoms with Gasteiger partial charge in [-0.3, -0.25) is 4.79 Å². The Morgan fingerprint density at radius 2 is 2.25 bits per heavy atom. The van der Waals surface area contributed by atoms with E-state index in [-0.39, 0.29) is 12.5 Å². The molecule has 0 saturated carbocycles. The van der Waals surface area contributed by atoms with Gasteiger partial charge in [0.05, 0.1) is 24.6 Å². The van der Waals surface area contributed by atoms with E-state index >= 15 is 0 Å². The molecule has 0 aliphatic rings. The first-order valence-corrected chi connectivity index (χ1v) is 6.91. The number of halogens is 1. The Morgan fingerprint density at radius 3 is 2.95 bits per heavy atom. The molecule has 3 N–H and O–H groups in total. The van der Waals surface area contributed by atoms with Crippen molar-refractivity contribution < 1.29 is 9.53 Å². The highest BCUT2D eigenvalue weighted by molar-refractivity contribution is 6.31. The van der Waals surface area contributed by atoms with E-state index < -0.39 is 0 Å². The summed E-state index contributed by atoms with van der Waals surface area (Å²) in [4.78, 5) is 11.7. The smallest absolute Gasteiger partial charge is 0.226 e. The van der Waals surface area contributed by atoms with Crippen LogP contribution in [0.2, 0.25) is 5.02 Å². The molecule has 0 aliphatic carbocycles.